The number of ether oxygens (including phenoxy) is 6. The van der Waals surface area contributed by atoms with E-state index >= 15 is 0 Å². The Morgan fingerprint density at radius 2 is 1.42 bits per heavy atom. The van der Waals surface area contributed by atoms with E-state index in [1.54, 1.807) is 40.7 Å². The fraction of sp³-hybridized carbons (Fsp3) is 0.630. The molecule has 0 fully saturated rings. The van der Waals surface area contributed by atoms with E-state index < -0.39 is 42.6 Å². The van der Waals surface area contributed by atoms with Gasteiger partial charge >= 0.3 is 24.2 Å². The predicted molar refractivity (Wildman–Crippen MR) is 138 cm³/mol. The van der Waals surface area contributed by atoms with Crippen LogP contribution in [-0.2, 0) is 35.0 Å². The number of hydrogen-bond donors (Lipinski definition) is 1. The van der Waals surface area contributed by atoms with Crippen molar-refractivity contribution in [2.24, 2.45) is 5.92 Å². The third kappa shape index (κ3) is 12.8. The minimum atomic E-state index is -0.991. The van der Waals surface area contributed by atoms with Gasteiger partial charge in [-0.1, -0.05) is 26.3 Å². The number of benzene rings is 1. The highest BCUT2D eigenvalue weighted by molar-refractivity contribution is 5.76. The molecule has 38 heavy (non-hydrogen) atoms. The molecule has 1 aromatic rings. The second kappa shape index (κ2) is 16.5. The van der Waals surface area contributed by atoms with Gasteiger partial charge in [-0.25, -0.2) is 9.59 Å². The average molecular weight is 540 g/mol. The monoisotopic (exact) mass is 539 g/mol. The molecule has 0 bridgehead atoms. The third-order valence-corrected chi connectivity index (χ3v) is 5.18. The maximum atomic E-state index is 12.5. The topological polar surface area (TPSA) is 136 Å². The quantitative estimate of drug-likeness (QED) is 0.202. The summed E-state index contributed by atoms with van der Waals surface area (Å²) < 4.78 is 30.8. The zero-order valence-electron chi connectivity index (χ0n) is 23.5. The smallest absolute Gasteiger partial charge is 0.468 e. The van der Waals surface area contributed by atoms with Crippen LogP contribution in [0.4, 0.5) is 9.59 Å². The first-order chi connectivity index (χ1) is 17.8. The number of esters is 2. The van der Waals surface area contributed by atoms with Crippen LogP contribution in [0.2, 0.25) is 0 Å². The number of carbonyl (C=O) groups is 4. The molecule has 11 heteroatoms. The van der Waals surface area contributed by atoms with Crippen molar-refractivity contribution in [1.29, 1.82) is 0 Å². The van der Waals surface area contributed by atoms with Crippen LogP contribution in [0.25, 0.3) is 0 Å². The van der Waals surface area contributed by atoms with Gasteiger partial charge in [-0.05, 0) is 64.7 Å². The fourth-order valence-corrected chi connectivity index (χ4v) is 3.12. The lowest BCUT2D eigenvalue weighted by molar-refractivity contribution is -0.149. The predicted octanol–water partition coefficient (Wildman–Crippen LogP) is 4.58. The number of carbonyl (C=O) groups excluding carboxylic acids is 4. The molecule has 3 atom stereocenters. The molecule has 0 radical (unpaired) electrons. The van der Waals surface area contributed by atoms with Gasteiger partial charge in [0.1, 0.15) is 12.1 Å². The first-order valence-corrected chi connectivity index (χ1v) is 12.7. The minimum absolute atomic E-state index is 0.0653. The van der Waals surface area contributed by atoms with E-state index in [2.05, 4.69) is 5.32 Å². The van der Waals surface area contributed by atoms with Gasteiger partial charge in [0.15, 0.2) is 11.5 Å². The molecule has 2 unspecified atom stereocenters. The van der Waals surface area contributed by atoms with Crippen molar-refractivity contribution in [1.82, 2.24) is 5.32 Å². The van der Waals surface area contributed by atoms with Gasteiger partial charge in [-0.15, -0.1) is 0 Å². The Balaban J connectivity index is 3.02. The molecular formula is C27H41NO10. The van der Waals surface area contributed by atoms with Crippen molar-refractivity contribution in [3.05, 3.63) is 23.8 Å². The molecular weight excluding hydrogens is 498 g/mol. The molecule has 1 rings (SSSR count). The van der Waals surface area contributed by atoms with Crippen molar-refractivity contribution < 1.29 is 47.6 Å². The molecule has 0 saturated carbocycles. The molecule has 0 aliphatic rings. The second-order valence-electron chi connectivity index (χ2n) is 9.52. The summed E-state index contributed by atoms with van der Waals surface area (Å²) in [4.78, 5) is 48.7. The van der Waals surface area contributed by atoms with Crippen LogP contribution in [0, 0.1) is 5.92 Å². The summed E-state index contributed by atoms with van der Waals surface area (Å²) >= 11 is 0. The molecule has 0 heterocycles. The van der Waals surface area contributed by atoms with E-state index in [-0.39, 0.29) is 36.4 Å². The van der Waals surface area contributed by atoms with E-state index in [4.69, 9.17) is 28.4 Å². The number of nitrogens with one attached hydrogen (secondary N) is 1. The van der Waals surface area contributed by atoms with Crippen molar-refractivity contribution in [3.8, 4) is 11.5 Å². The van der Waals surface area contributed by atoms with E-state index in [0.717, 1.165) is 6.42 Å². The summed E-state index contributed by atoms with van der Waals surface area (Å²) in [7, 11) is 1.26. The highest BCUT2D eigenvalue weighted by Crippen LogP contribution is 2.30. The largest absolute Gasteiger partial charge is 0.514 e. The van der Waals surface area contributed by atoms with Crippen LogP contribution in [0.15, 0.2) is 18.2 Å². The fourth-order valence-electron chi connectivity index (χ4n) is 3.12. The van der Waals surface area contributed by atoms with Crippen molar-refractivity contribution >= 4 is 24.2 Å². The SMILES string of the molecule is CCC(C)CC(=O)OC(C)CN[C@@H](Cc1ccc(OC(=O)OC(C)C)c(OC(=O)OC(C)C)c1)C(=O)OC. The Morgan fingerprint density at radius 1 is 0.842 bits per heavy atom. The summed E-state index contributed by atoms with van der Waals surface area (Å²) in [5, 5.41) is 3.06. The molecule has 11 nitrogen and oxygen atoms in total. The highest BCUT2D eigenvalue weighted by Gasteiger charge is 2.24. The lowest BCUT2D eigenvalue weighted by Crippen LogP contribution is -2.43. The molecule has 214 valence electrons. The van der Waals surface area contributed by atoms with E-state index in [9.17, 15) is 19.2 Å². The maximum absolute atomic E-state index is 12.5. The van der Waals surface area contributed by atoms with Crippen LogP contribution in [0.5, 0.6) is 11.5 Å². The van der Waals surface area contributed by atoms with Crippen LogP contribution in [0.3, 0.4) is 0 Å². The summed E-state index contributed by atoms with van der Waals surface area (Å²) in [6, 6.07) is 3.67. The lowest BCUT2D eigenvalue weighted by Gasteiger charge is -2.21. The zero-order chi connectivity index (χ0) is 28.8. The Hall–Kier alpha value is -3.34. The van der Waals surface area contributed by atoms with Crippen molar-refractivity contribution in [3.63, 3.8) is 0 Å². The van der Waals surface area contributed by atoms with Crippen LogP contribution in [-0.4, -0.2) is 62.3 Å². The maximum Gasteiger partial charge on any atom is 0.514 e. The summed E-state index contributed by atoms with van der Waals surface area (Å²) in [6.07, 6.45) is -1.97. The lowest BCUT2D eigenvalue weighted by atomic mass is 10.0. The number of rotatable bonds is 14. The van der Waals surface area contributed by atoms with E-state index in [1.807, 2.05) is 13.8 Å². The minimum Gasteiger partial charge on any atom is -0.468 e. The number of hydrogen-bond acceptors (Lipinski definition) is 11. The van der Waals surface area contributed by atoms with Crippen LogP contribution < -0.4 is 14.8 Å². The van der Waals surface area contributed by atoms with Gasteiger partial charge in [0, 0.05) is 13.0 Å². The standard InChI is InChI=1S/C27H41NO10/c1-9-18(6)12-24(29)36-19(7)15-28-21(25(30)33-8)13-20-10-11-22(37-26(31)34-16(2)3)23(14-20)38-27(32)35-17(4)5/h10-11,14,16-19,21,28H,9,12-13,15H2,1-8H3/t18?,19?,21-/m0/s1. The average Bonchev–Trinajstić information content (AvgIpc) is 2.81. The Bertz CT molecular complexity index is 930. The van der Waals surface area contributed by atoms with E-state index in [0.29, 0.717) is 12.0 Å². The van der Waals surface area contributed by atoms with Crippen molar-refractivity contribution in [2.45, 2.75) is 92.1 Å². The first kappa shape index (κ1) is 32.7. The van der Waals surface area contributed by atoms with Gasteiger partial charge in [0.25, 0.3) is 0 Å². The zero-order valence-corrected chi connectivity index (χ0v) is 23.5. The highest BCUT2D eigenvalue weighted by atomic mass is 16.7. The molecule has 0 saturated heterocycles. The van der Waals surface area contributed by atoms with Gasteiger partial charge < -0.3 is 33.7 Å². The molecule has 0 aliphatic carbocycles. The van der Waals surface area contributed by atoms with Gasteiger partial charge in [-0.3, -0.25) is 9.59 Å². The Morgan fingerprint density at radius 3 is 1.95 bits per heavy atom. The first-order valence-electron chi connectivity index (χ1n) is 12.7. The van der Waals surface area contributed by atoms with Crippen molar-refractivity contribution in [2.75, 3.05) is 13.7 Å². The summed E-state index contributed by atoms with van der Waals surface area (Å²) in [6.45, 7) is 12.5. The van der Waals surface area contributed by atoms with E-state index in [1.165, 1.54) is 19.2 Å². The molecule has 1 N–H and O–H groups in total. The third-order valence-electron chi connectivity index (χ3n) is 5.18. The second-order valence-corrected chi connectivity index (χ2v) is 9.52. The Labute approximate surface area is 224 Å². The number of methoxy groups -OCH3 is 1. The van der Waals surface area contributed by atoms with Gasteiger partial charge in [0.2, 0.25) is 0 Å². The molecule has 0 spiro atoms. The van der Waals surface area contributed by atoms with Crippen LogP contribution in [0.1, 0.15) is 66.9 Å². The molecule has 0 amide bonds. The van der Waals surface area contributed by atoms with Gasteiger partial charge in [0.05, 0.1) is 19.3 Å². The normalized spacial score (nSPS) is 13.3. The Kier molecular flexibility index (Phi) is 14.2. The summed E-state index contributed by atoms with van der Waals surface area (Å²) in [5.41, 5.74) is 0.561. The molecule has 0 aromatic heterocycles. The summed E-state index contributed by atoms with van der Waals surface area (Å²) in [5.74, 6) is -0.774. The molecule has 1 aromatic carbocycles. The molecule has 0 aliphatic heterocycles. The van der Waals surface area contributed by atoms with Crippen LogP contribution >= 0.6 is 0 Å². The van der Waals surface area contributed by atoms with Gasteiger partial charge in [-0.2, -0.15) is 0 Å².